The van der Waals surface area contributed by atoms with E-state index in [9.17, 15) is 4.79 Å². The van der Waals surface area contributed by atoms with Gasteiger partial charge in [0.1, 0.15) is 0 Å². The summed E-state index contributed by atoms with van der Waals surface area (Å²) in [6.45, 7) is 3.81. The van der Waals surface area contributed by atoms with Gasteiger partial charge in [0.15, 0.2) is 0 Å². The van der Waals surface area contributed by atoms with Crippen molar-refractivity contribution >= 4 is 27.5 Å². The van der Waals surface area contributed by atoms with E-state index in [0.717, 1.165) is 21.5 Å². The smallest absolute Gasteiger partial charge is 0.255 e. The van der Waals surface area contributed by atoms with Gasteiger partial charge in [-0.15, -0.1) is 0 Å². The molecule has 1 amide bonds. The molecule has 0 bridgehead atoms. The summed E-state index contributed by atoms with van der Waals surface area (Å²) in [5, 5.41) is 7.16. The van der Waals surface area contributed by atoms with Crippen molar-refractivity contribution in [3.05, 3.63) is 45.7 Å². The quantitative estimate of drug-likeness (QED) is 0.927. The van der Waals surface area contributed by atoms with Crippen LogP contribution in [0.15, 0.2) is 28.7 Å². The summed E-state index contributed by atoms with van der Waals surface area (Å²) in [5.74, 6) is -0.123. The van der Waals surface area contributed by atoms with Gasteiger partial charge in [0.25, 0.3) is 5.91 Å². The largest absolute Gasteiger partial charge is 0.319 e. The Morgan fingerprint density at radius 2 is 1.89 bits per heavy atom. The molecule has 1 aromatic carbocycles. The van der Waals surface area contributed by atoms with Crippen LogP contribution < -0.4 is 5.32 Å². The Morgan fingerprint density at radius 1 is 1.28 bits per heavy atom. The lowest BCUT2D eigenvalue weighted by Gasteiger charge is -2.05. The highest BCUT2D eigenvalue weighted by atomic mass is 79.9. The molecule has 0 radical (unpaired) electrons. The lowest BCUT2D eigenvalue weighted by molar-refractivity contribution is 0.102. The summed E-state index contributed by atoms with van der Waals surface area (Å²) in [7, 11) is 1.86. The van der Waals surface area contributed by atoms with Crippen molar-refractivity contribution in [3.8, 4) is 0 Å². The van der Waals surface area contributed by atoms with Gasteiger partial charge in [0.05, 0.1) is 17.1 Å². The topological polar surface area (TPSA) is 46.9 Å². The van der Waals surface area contributed by atoms with Crippen LogP contribution in [0.5, 0.6) is 0 Å². The molecule has 0 aliphatic rings. The van der Waals surface area contributed by atoms with Crippen molar-refractivity contribution in [1.82, 2.24) is 9.78 Å². The third-order valence-corrected chi connectivity index (χ3v) is 3.38. The minimum atomic E-state index is -0.123. The number of anilines is 1. The molecule has 0 saturated carbocycles. The monoisotopic (exact) mass is 307 g/mol. The van der Waals surface area contributed by atoms with Crippen molar-refractivity contribution in [2.75, 3.05) is 5.32 Å². The van der Waals surface area contributed by atoms with E-state index >= 15 is 0 Å². The number of nitrogens with one attached hydrogen (secondary N) is 1. The van der Waals surface area contributed by atoms with E-state index < -0.39 is 0 Å². The fourth-order valence-electron chi connectivity index (χ4n) is 1.74. The van der Waals surface area contributed by atoms with E-state index in [1.54, 1.807) is 16.8 Å². The van der Waals surface area contributed by atoms with Gasteiger partial charge in [-0.05, 0) is 38.1 Å². The fraction of sp³-hybridized carbons (Fsp3) is 0.231. The maximum absolute atomic E-state index is 12.1. The Morgan fingerprint density at radius 3 is 2.39 bits per heavy atom. The van der Waals surface area contributed by atoms with Gasteiger partial charge in [-0.25, -0.2) is 0 Å². The van der Waals surface area contributed by atoms with Crippen LogP contribution in [0.3, 0.4) is 0 Å². The molecule has 0 atom stereocenters. The zero-order valence-corrected chi connectivity index (χ0v) is 12.1. The Balaban J connectivity index is 2.24. The summed E-state index contributed by atoms with van der Waals surface area (Å²) < 4.78 is 2.71. The molecule has 0 fully saturated rings. The minimum Gasteiger partial charge on any atom is -0.319 e. The van der Waals surface area contributed by atoms with Gasteiger partial charge in [-0.3, -0.25) is 9.48 Å². The van der Waals surface area contributed by atoms with Gasteiger partial charge >= 0.3 is 0 Å². The Kier molecular flexibility index (Phi) is 3.52. The van der Waals surface area contributed by atoms with Gasteiger partial charge in [0.2, 0.25) is 0 Å². The normalized spacial score (nSPS) is 10.4. The Bertz CT molecular complexity index is 587. The summed E-state index contributed by atoms with van der Waals surface area (Å²) in [5.41, 5.74) is 3.17. The molecular weight excluding hydrogens is 294 g/mol. The molecule has 0 saturated heterocycles. The number of hydrogen-bond donors (Lipinski definition) is 1. The van der Waals surface area contributed by atoms with Crippen LogP contribution in [0.1, 0.15) is 21.7 Å². The number of rotatable bonds is 2. The van der Waals surface area contributed by atoms with Gasteiger partial charge < -0.3 is 5.32 Å². The van der Waals surface area contributed by atoms with Crippen LogP contribution in [0, 0.1) is 13.8 Å². The van der Waals surface area contributed by atoms with E-state index in [1.165, 1.54) is 0 Å². The molecule has 0 spiro atoms. The predicted molar refractivity (Wildman–Crippen MR) is 74.8 cm³/mol. The van der Waals surface area contributed by atoms with Gasteiger partial charge in [-0.2, -0.15) is 5.10 Å². The molecule has 18 heavy (non-hydrogen) atoms. The van der Waals surface area contributed by atoms with Crippen LogP contribution in [-0.2, 0) is 7.05 Å². The fourth-order valence-corrected chi connectivity index (χ4v) is 2.01. The standard InChI is InChI=1S/C13H14BrN3O/c1-8-12(9(2)17(3)16-8)15-13(18)10-4-6-11(14)7-5-10/h4-7H,1-3H3,(H,15,18). The van der Waals surface area contributed by atoms with Crippen LogP contribution in [0.2, 0.25) is 0 Å². The zero-order valence-electron chi connectivity index (χ0n) is 10.5. The molecule has 0 aliphatic carbocycles. The van der Waals surface area contributed by atoms with Crippen molar-refractivity contribution in [2.24, 2.45) is 7.05 Å². The van der Waals surface area contributed by atoms with Crippen LogP contribution >= 0.6 is 15.9 Å². The third-order valence-electron chi connectivity index (χ3n) is 2.85. The maximum Gasteiger partial charge on any atom is 0.255 e. The van der Waals surface area contributed by atoms with Crippen LogP contribution in [-0.4, -0.2) is 15.7 Å². The summed E-state index contributed by atoms with van der Waals surface area (Å²) >= 11 is 3.34. The third kappa shape index (κ3) is 2.46. The number of benzene rings is 1. The van der Waals surface area contributed by atoms with E-state index in [4.69, 9.17) is 0 Å². The van der Waals surface area contributed by atoms with Gasteiger partial charge in [-0.1, -0.05) is 15.9 Å². The molecule has 2 aromatic rings. The molecular formula is C13H14BrN3O. The maximum atomic E-state index is 12.1. The summed E-state index contributed by atoms with van der Waals surface area (Å²) in [6, 6.07) is 7.25. The second-order valence-corrected chi connectivity index (χ2v) is 5.05. The first-order chi connectivity index (χ1) is 8.49. The molecule has 1 N–H and O–H groups in total. The average Bonchev–Trinajstić information content (AvgIpc) is 2.57. The molecule has 0 unspecified atom stereocenters. The SMILES string of the molecule is Cc1nn(C)c(C)c1NC(=O)c1ccc(Br)cc1. The van der Waals surface area contributed by atoms with Crippen molar-refractivity contribution in [2.45, 2.75) is 13.8 Å². The molecule has 2 rings (SSSR count). The van der Waals surface area contributed by atoms with Crippen LogP contribution in [0.4, 0.5) is 5.69 Å². The highest BCUT2D eigenvalue weighted by Crippen LogP contribution is 2.19. The van der Waals surface area contributed by atoms with Gasteiger partial charge in [0, 0.05) is 17.1 Å². The number of nitrogens with zero attached hydrogens (tertiary/aromatic N) is 2. The van der Waals surface area contributed by atoms with E-state index in [1.807, 2.05) is 33.0 Å². The van der Waals surface area contributed by atoms with Crippen molar-refractivity contribution in [3.63, 3.8) is 0 Å². The number of amides is 1. The minimum absolute atomic E-state index is 0.123. The lowest BCUT2D eigenvalue weighted by Crippen LogP contribution is -2.13. The number of aromatic nitrogens is 2. The summed E-state index contributed by atoms with van der Waals surface area (Å²) in [6.07, 6.45) is 0. The number of carbonyl (C=O) groups is 1. The Labute approximate surface area is 114 Å². The van der Waals surface area contributed by atoms with E-state index in [2.05, 4.69) is 26.3 Å². The number of hydrogen-bond acceptors (Lipinski definition) is 2. The molecule has 5 heteroatoms. The average molecular weight is 308 g/mol. The highest BCUT2D eigenvalue weighted by molar-refractivity contribution is 9.10. The first-order valence-electron chi connectivity index (χ1n) is 5.56. The lowest BCUT2D eigenvalue weighted by atomic mass is 10.2. The predicted octanol–water partition coefficient (Wildman–Crippen LogP) is 3.05. The first kappa shape index (κ1) is 12.8. The molecule has 1 heterocycles. The number of aryl methyl sites for hydroxylation is 2. The number of halogens is 1. The summed E-state index contributed by atoms with van der Waals surface area (Å²) in [4.78, 5) is 12.1. The molecule has 94 valence electrons. The Hall–Kier alpha value is -1.62. The number of carbonyl (C=O) groups excluding carboxylic acids is 1. The van der Waals surface area contributed by atoms with Crippen LogP contribution in [0.25, 0.3) is 0 Å². The molecule has 4 nitrogen and oxygen atoms in total. The second kappa shape index (κ2) is 4.94. The zero-order chi connectivity index (χ0) is 13.3. The second-order valence-electron chi connectivity index (χ2n) is 4.13. The highest BCUT2D eigenvalue weighted by Gasteiger charge is 2.13. The van der Waals surface area contributed by atoms with Crippen molar-refractivity contribution < 1.29 is 4.79 Å². The van der Waals surface area contributed by atoms with E-state index in [0.29, 0.717) is 5.56 Å². The van der Waals surface area contributed by atoms with Crippen molar-refractivity contribution in [1.29, 1.82) is 0 Å². The molecule has 0 aliphatic heterocycles. The first-order valence-corrected chi connectivity index (χ1v) is 6.35. The van der Waals surface area contributed by atoms with E-state index in [-0.39, 0.29) is 5.91 Å². The molecule has 1 aromatic heterocycles.